The summed E-state index contributed by atoms with van der Waals surface area (Å²) >= 11 is 0. The van der Waals surface area contributed by atoms with E-state index in [1.54, 1.807) is 0 Å². The van der Waals surface area contributed by atoms with Gasteiger partial charge in [-0.2, -0.15) is 0 Å². The van der Waals surface area contributed by atoms with Crippen LogP contribution in [-0.2, 0) is 14.3 Å². The van der Waals surface area contributed by atoms with Crippen molar-refractivity contribution in [3.05, 3.63) is 11.3 Å². The number of rotatable bonds is 14. The molecule has 24 heavy (non-hydrogen) atoms. The first-order valence-corrected chi connectivity index (χ1v) is 9.40. The topological polar surface area (TPSA) is 83.8 Å². The van der Waals surface area contributed by atoms with Gasteiger partial charge in [-0.1, -0.05) is 71.1 Å². The van der Waals surface area contributed by atoms with Gasteiger partial charge in [-0.3, -0.25) is 4.79 Å². The van der Waals surface area contributed by atoms with E-state index in [9.17, 15) is 14.7 Å². The molecular weight excluding hydrogens is 308 g/mol. The predicted molar refractivity (Wildman–Crippen MR) is 92.7 cm³/mol. The van der Waals surface area contributed by atoms with Crippen molar-refractivity contribution >= 4 is 11.8 Å². The molecule has 0 aliphatic carbocycles. The molecule has 1 aliphatic rings. The summed E-state index contributed by atoms with van der Waals surface area (Å²) in [6, 6.07) is 0. The molecule has 0 amide bonds. The fourth-order valence-corrected chi connectivity index (χ4v) is 2.96. The molecule has 5 heteroatoms. The molecule has 1 atom stereocenters. The normalized spacial score (nSPS) is 17.4. The summed E-state index contributed by atoms with van der Waals surface area (Å²) in [6.07, 6.45) is 12.3. The average Bonchev–Trinajstić information content (AvgIpc) is 2.86. The van der Waals surface area contributed by atoms with Crippen molar-refractivity contribution in [1.82, 2.24) is 0 Å². The molecular formula is C19H32O5. The van der Waals surface area contributed by atoms with E-state index in [2.05, 4.69) is 6.92 Å². The molecule has 0 fully saturated rings. The van der Waals surface area contributed by atoms with E-state index in [1.165, 1.54) is 51.4 Å². The van der Waals surface area contributed by atoms with E-state index in [0.717, 1.165) is 12.8 Å². The Bertz CT molecular complexity index is 427. The molecule has 0 unspecified atom stereocenters. The highest BCUT2D eigenvalue weighted by atomic mass is 16.6. The number of ether oxygens (including phenoxy) is 1. The summed E-state index contributed by atoms with van der Waals surface area (Å²) in [7, 11) is 0. The van der Waals surface area contributed by atoms with E-state index < -0.39 is 24.4 Å². The number of unbranched alkanes of at least 4 members (excludes halogenated alkanes) is 10. The first kappa shape index (κ1) is 20.7. The van der Waals surface area contributed by atoms with Crippen molar-refractivity contribution in [2.24, 2.45) is 0 Å². The summed E-state index contributed by atoms with van der Waals surface area (Å²) in [5, 5.41) is 18.7. The Labute approximate surface area is 145 Å². The molecule has 1 heterocycles. The van der Waals surface area contributed by atoms with Crippen LogP contribution in [0.5, 0.6) is 0 Å². The lowest BCUT2D eigenvalue weighted by Gasteiger charge is -2.03. The fourth-order valence-electron chi connectivity index (χ4n) is 2.96. The van der Waals surface area contributed by atoms with Crippen LogP contribution in [0.2, 0.25) is 0 Å². The van der Waals surface area contributed by atoms with Crippen LogP contribution in [0.3, 0.4) is 0 Å². The van der Waals surface area contributed by atoms with Crippen LogP contribution < -0.4 is 0 Å². The molecule has 0 radical (unpaired) electrons. The molecule has 138 valence electrons. The minimum Gasteiger partial charge on any atom is -0.507 e. The zero-order valence-corrected chi connectivity index (χ0v) is 14.9. The van der Waals surface area contributed by atoms with Crippen LogP contribution >= 0.6 is 0 Å². The van der Waals surface area contributed by atoms with Crippen molar-refractivity contribution in [1.29, 1.82) is 0 Å². The van der Waals surface area contributed by atoms with Gasteiger partial charge in [0.2, 0.25) is 0 Å². The summed E-state index contributed by atoms with van der Waals surface area (Å²) in [4.78, 5) is 23.5. The van der Waals surface area contributed by atoms with Crippen molar-refractivity contribution in [2.75, 3.05) is 6.61 Å². The SMILES string of the molecule is CCCCCCCCCCCCCC(=O)C1=C(O)[C@@H](CO)OC1=O. The van der Waals surface area contributed by atoms with E-state index in [1.807, 2.05) is 0 Å². The number of esters is 1. The second-order valence-electron chi connectivity index (χ2n) is 6.55. The monoisotopic (exact) mass is 340 g/mol. The molecule has 2 N–H and O–H groups in total. The first-order chi connectivity index (χ1) is 11.6. The zero-order valence-electron chi connectivity index (χ0n) is 14.9. The number of ketones is 1. The molecule has 1 rings (SSSR count). The highest BCUT2D eigenvalue weighted by molar-refractivity contribution is 6.19. The van der Waals surface area contributed by atoms with Crippen molar-refractivity contribution < 1.29 is 24.5 Å². The van der Waals surface area contributed by atoms with E-state index in [4.69, 9.17) is 9.84 Å². The van der Waals surface area contributed by atoms with Crippen LogP contribution in [0.4, 0.5) is 0 Å². The van der Waals surface area contributed by atoms with Crippen LogP contribution in [0.1, 0.15) is 84.0 Å². The summed E-state index contributed by atoms with van der Waals surface area (Å²) < 4.78 is 4.73. The van der Waals surface area contributed by atoms with Crippen LogP contribution in [0.25, 0.3) is 0 Å². The van der Waals surface area contributed by atoms with Gasteiger partial charge in [0.25, 0.3) is 0 Å². The molecule has 5 nitrogen and oxygen atoms in total. The largest absolute Gasteiger partial charge is 0.507 e. The molecule has 0 aromatic carbocycles. The molecule has 1 aliphatic heterocycles. The third-order valence-electron chi connectivity index (χ3n) is 4.47. The lowest BCUT2D eigenvalue weighted by Crippen LogP contribution is -2.15. The Kier molecular flexibility index (Phi) is 10.4. The number of hydrogen-bond acceptors (Lipinski definition) is 5. The van der Waals surface area contributed by atoms with Gasteiger partial charge in [0.05, 0.1) is 6.61 Å². The lowest BCUT2D eigenvalue weighted by atomic mass is 10.0. The van der Waals surface area contributed by atoms with E-state index >= 15 is 0 Å². The third kappa shape index (κ3) is 7.04. The molecule has 0 bridgehead atoms. The van der Waals surface area contributed by atoms with Crippen molar-refractivity contribution in [3.8, 4) is 0 Å². The second-order valence-corrected chi connectivity index (χ2v) is 6.55. The number of cyclic esters (lactones) is 1. The Morgan fingerprint density at radius 3 is 1.92 bits per heavy atom. The number of hydrogen-bond donors (Lipinski definition) is 2. The minimum atomic E-state index is -1.08. The molecule has 0 spiro atoms. The van der Waals surface area contributed by atoms with Crippen LogP contribution in [-0.4, -0.2) is 34.7 Å². The smallest absolute Gasteiger partial charge is 0.346 e. The Morgan fingerprint density at radius 1 is 0.958 bits per heavy atom. The Hall–Kier alpha value is -1.36. The Morgan fingerprint density at radius 2 is 1.46 bits per heavy atom. The van der Waals surface area contributed by atoms with Gasteiger partial charge in [0, 0.05) is 6.42 Å². The van der Waals surface area contributed by atoms with Gasteiger partial charge in [-0.15, -0.1) is 0 Å². The lowest BCUT2D eigenvalue weighted by molar-refractivity contribution is -0.142. The van der Waals surface area contributed by atoms with E-state index in [-0.39, 0.29) is 17.8 Å². The number of aliphatic hydroxyl groups excluding tert-OH is 2. The van der Waals surface area contributed by atoms with Gasteiger partial charge < -0.3 is 14.9 Å². The van der Waals surface area contributed by atoms with Crippen LogP contribution in [0.15, 0.2) is 11.3 Å². The van der Waals surface area contributed by atoms with Crippen molar-refractivity contribution in [2.45, 2.75) is 90.1 Å². The maximum atomic E-state index is 12.0. The van der Waals surface area contributed by atoms with Crippen molar-refractivity contribution in [3.63, 3.8) is 0 Å². The molecule has 0 aromatic rings. The summed E-state index contributed by atoms with van der Waals surface area (Å²) in [6.45, 7) is 1.72. The summed E-state index contributed by atoms with van der Waals surface area (Å²) in [5.74, 6) is -1.63. The molecule has 0 saturated carbocycles. The predicted octanol–water partition coefficient (Wildman–Crippen LogP) is 3.99. The molecule has 0 saturated heterocycles. The number of aliphatic hydroxyl groups is 2. The van der Waals surface area contributed by atoms with Gasteiger partial charge in [0.15, 0.2) is 17.6 Å². The fraction of sp³-hybridized carbons (Fsp3) is 0.789. The standard InChI is InChI=1S/C19H32O5/c1-2-3-4-5-6-7-8-9-10-11-12-13-15(21)17-18(22)16(14-20)24-19(17)23/h16,20,22H,2-14H2,1H3/t16-/m1/s1. The number of Topliss-reactive ketones (excluding diaryl/α,β-unsaturated/α-hetero) is 1. The number of carbonyl (C=O) groups excluding carboxylic acids is 2. The minimum absolute atomic E-state index is 0.240. The van der Waals surface area contributed by atoms with E-state index in [0.29, 0.717) is 6.42 Å². The van der Waals surface area contributed by atoms with Crippen LogP contribution in [0, 0.1) is 0 Å². The average molecular weight is 340 g/mol. The van der Waals surface area contributed by atoms with Gasteiger partial charge in [0.1, 0.15) is 5.57 Å². The highest BCUT2D eigenvalue weighted by Crippen LogP contribution is 2.23. The van der Waals surface area contributed by atoms with Gasteiger partial charge >= 0.3 is 5.97 Å². The molecule has 0 aromatic heterocycles. The Balaban J connectivity index is 2.06. The maximum Gasteiger partial charge on any atom is 0.346 e. The quantitative estimate of drug-likeness (QED) is 0.284. The van der Waals surface area contributed by atoms with Gasteiger partial charge in [-0.25, -0.2) is 4.79 Å². The third-order valence-corrected chi connectivity index (χ3v) is 4.47. The second kappa shape index (κ2) is 12.1. The summed E-state index contributed by atoms with van der Waals surface area (Å²) in [5.41, 5.74) is -0.277. The number of carbonyl (C=O) groups is 2. The zero-order chi connectivity index (χ0) is 17.8. The first-order valence-electron chi connectivity index (χ1n) is 9.40. The van der Waals surface area contributed by atoms with Gasteiger partial charge in [-0.05, 0) is 6.42 Å². The highest BCUT2D eigenvalue weighted by Gasteiger charge is 2.37. The maximum absolute atomic E-state index is 12.0.